The van der Waals surface area contributed by atoms with Crippen LogP contribution in [0.2, 0.25) is 0 Å². The molecule has 1 unspecified atom stereocenters. The number of hydrogen-bond acceptors (Lipinski definition) is 3. The van der Waals surface area contributed by atoms with Gasteiger partial charge < -0.3 is 10.5 Å². The second kappa shape index (κ2) is 6.27. The molecule has 3 heteroatoms. The highest BCUT2D eigenvalue weighted by Crippen LogP contribution is 2.39. The zero-order chi connectivity index (χ0) is 18.3. The fourth-order valence-electron chi connectivity index (χ4n) is 4.36. The van der Waals surface area contributed by atoms with Gasteiger partial charge in [-0.3, -0.25) is 0 Å². The van der Waals surface area contributed by atoms with Crippen molar-refractivity contribution in [3.05, 3.63) is 83.9 Å². The molecule has 0 saturated heterocycles. The summed E-state index contributed by atoms with van der Waals surface area (Å²) in [6, 6.07) is 26.3. The van der Waals surface area contributed by atoms with Crippen molar-refractivity contribution in [2.75, 3.05) is 6.61 Å². The molecular formula is C24H22N2O. The zero-order valence-corrected chi connectivity index (χ0v) is 15.2. The predicted octanol–water partition coefficient (Wildman–Crippen LogP) is 4.59. The molecule has 0 saturated carbocycles. The van der Waals surface area contributed by atoms with Crippen LogP contribution in [0, 0.1) is 0 Å². The van der Waals surface area contributed by atoms with Gasteiger partial charge in [0.1, 0.15) is 12.1 Å². The normalized spacial score (nSPS) is 20.8. The SMILES string of the molecule is NC1=NC2(CCc3c(cccc3-c3ccc(-c4ccccc4)cc3)C2)CO1. The number of aliphatic imine (C=N–C) groups is 1. The monoisotopic (exact) mass is 354 g/mol. The summed E-state index contributed by atoms with van der Waals surface area (Å²) in [5, 5.41) is 0. The summed E-state index contributed by atoms with van der Waals surface area (Å²) in [5.41, 5.74) is 13.5. The summed E-state index contributed by atoms with van der Waals surface area (Å²) in [6.45, 7) is 0.605. The van der Waals surface area contributed by atoms with Gasteiger partial charge in [0.15, 0.2) is 0 Å². The number of fused-ring (bicyclic) bond motifs is 1. The summed E-state index contributed by atoms with van der Waals surface area (Å²) >= 11 is 0. The van der Waals surface area contributed by atoms with Gasteiger partial charge in [-0.1, -0.05) is 72.8 Å². The molecule has 3 aromatic rings. The minimum Gasteiger partial charge on any atom is -0.463 e. The van der Waals surface area contributed by atoms with E-state index >= 15 is 0 Å². The lowest BCUT2D eigenvalue weighted by atomic mass is 9.76. The van der Waals surface area contributed by atoms with Gasteiger partial charge in [0.05, 0.1) is 0 Å². The van der Waals surface area contributed by atoms with Crippen molar-refractivity contribution < 1.29 is 4.74 Å². The minimum absolute atomic E-state index is 0.160. The fraction of sp³-hybridized carbons (Fsp3) is 0.208. The predicted molar refractivity (Wildman–Crippen MR) is 110 cm³/mol. The number of ether oxygens (including phenoxy) is 1. The van der Waals surface area contributed by atoms with Crippen LogP contribution in [0.25, 0.3) is 22.3 Å². The van der Waals surface area contributed by atoms with Crippen LogP contribution in [0.3, 0.4) is 0 Å². The number of benzene rings is 3. The van der Waals surface area contributed by atoms with Gasteiger partial charge in [-0.15, -0.1) is 0 Å². The molecular weight excluding hydrogens is 332 g/mol. The number of amidine groups is 1. The molecule has 1 atom stereocenters. The fourth-order valence-corrected chi connectivity index (χ4v) is 4.36. The van der Waals surface area contributed by atoms with Gasteiger partial charge >= 0.3 is 0 Å². The van der Waals surface area contributed by atoms with Gasteiger partial charge in [0.2, 0.25) is 0 Å². The van der Waals surface area contributed by atoms with E-state index in [-0.39, 0.29) is 5.54 Å². The molecule has 1 spiro atoms. The molecule has 1 aliphatic heterocycles. The maximum Gasteiger partial charge on any atom is 0.282 e. The van der Waals surface area contributed by atoms with E-state index in [4.69, 9.17) is 10.5 Å². The van der Waals surface area contributed by atoms with E-state index in [1.54, 1.807) is 0 Å². The quantitative estimate of drug-likeness (QED) is 0.731. The Morgan fingerprint density at radius 3 is 2.30 bits per heavy atom. The molecule has 0 fully saturated rings. The smallest absolute Gasteiger partial charge is 0.282 e. The van der Waals surface area contributed by atoms with Gasteiger partial charge in [-0.2, -0.15) is 0 Å². The van der Waals surface area contributed by atoms with Crippen LogP contribution in [0.4, 0.5) is 0 Å². The van der Waals surface area contributed by atoms with Crippen LogP contribution in [0.5, 0.6) is 0 Å². The van der Waals surface area contributed by atoms with Gasteiger partial charge in [0.25, 0.3) is 6.02 Å². The molecule has 0 radical (unpaired) electrons. The topological polar surface area (TPSA) is 47.6 Å². The van der Waals surface area contributed by atoms with Crippen LogP contribution >= 0.6 is 0 Å². The minimum atomic E-state index is -0.160. The summed E-state index contributed by atoms with van der Waals surface area (Å²) < 4.78 is 5.46. The van der Waals surface area contributed by atoms with Crippen LogP contribution in [-0.2, 0) is 17.6 Å². The second-order valence-corrected chi connectivity index (χ2v) is 7.53. The first-order valence-corrected chi connectivity index (χ1v) is 9.47. The highest BCUT2D eigenvalue weighted by atomic mass is 16.5. The number of nitrogens with zero attached hydrogens (tertiary/aromatic N) is 1. The molecule has 1 aliphatic carbocycles. The maximum absolute atomic E-state index is 5.77. The third-order valence-electron chi connectivity index (χ3n) is 5.77. The molecule has 2 aliphatic rings. The lowest BCUT2D eigenvalue weighted by molar-refractivity contribution is 0.235. The second-order valence-electron chi connectivity index (χ2n) is 7.53. The number of hydrogen-bond donors (Lipinski definition) is 1. The molecule has 1 heterocycles. The Balaban J connectivity index is 1.48. The molecule has 0 amide bonds. The van der Waals surface area contributed by atoms with Crippen molar-refractivity contribution in [1.82, 2.24) is 0 Å². The Morgan fingerprint density at radius 2 is 1.56 bits per heavy atom. The standard InChI is InChI=1S/C24H22N2O/c25-23-26-24(16-27-23)14-13-22-20(15-24)7-4-8-21(22)19-11-9-18(10-12-19)17-5-2-1-3-6-17/h1-12H,13-16H2,(H2,25,26). The number of rotatable bonds is 2. The molecule has 27 heavy (non-hydrogen) atoms. The lowest BCUT2D eigenvalue weighted by Crippen LogP contribution is -2.35. The largest absolute Gasteiger partial charge is 0.463 e. The van der Waals surface area contributed by atoms with Crippen molar-refractivity contribution in [2.45, 2.75) is 24.8 Å². The van der Waals surface area contributed by atoms with Crippen LogP contribution in [-0.4, -0.2) is 18.2 Å². The third-order valence-corrected chi connectivity index (χ3v) is 5.77. The Morgan fingerprint density at radius 1 is 0.815 bits per heavy atom. The van der Waals surface area contributed by atoms with Crippen molar-refractivity contribution in [1.29, 1.82) is 0 Å². The maximum atomic E-state index is 5.77. The molecule has 3 aromatic carbocycles. The summed E-state index contributed by atoms with van der Waals surface area (Å²) in [4.78, 5) is 4.60. The molecule has 0 aromatic heterocycles. The van der Waals surface area contributed by atoms with Crippen LogP contribution in [0.15, 0.2) is 77.8 Å². The van der Waals surface area contributed by atoms with Crippen molar-refractivity contribution in [2.24, 2.45) is 10.7 Å². The first-order chi connectivity index (χ1) is 13.2. The van der Waals surface area contributed by atoms with Crippen LogP contribution < -0.4 is 5.73 Å². The summed E-state index contributed by atoms with van der Waals surface area (Å²) in [5.74, 6) is 0. The van der Waals surface area contributed by atoms with Crippen LogP contribution in [0.1, 0.15) is 17.5 Å². The van der Waals surface area contributed by atoms with E-state index in [0.717, 1.165) is 19.3 Å². The number of nitrogens with two attached hydrogens (primary N) is 1. The molecule has 3 nitrogen and oxygen atoms in total. The van der Waals surface area contributed by atoms with E-state index in [0.29, 0.717) is 12.6 Å². The van der Waals surface area contributed by atoms with Crippen molar-refractivity contribution >= 4 is 6.02 Å². The Labute approximate surface area is 159 Å². The van der Waals surface area contributed by atoms with Gasteiger partial charge in [-0.05, 0) is 46.2 Å². The van der Waals surface area contributed by atoms with E-state index in [1.807, 2.05) is 6.07 Å². The average molecular weight is 354 g/mol. The molecule has 134 valence electrons. The summed E-state index contributed by atoms with van der Waals surface area (Å²) in [7, 11) is 0. The molecule has 5 rings (SSSR count). The van der Waals surface area contributed by atoms with E-state index < -0.39 is 0 Å². The van der Waals surface area contributed by atoms with E-state index in [9.17, 15) is 0 Å². The highest BCUT2D eigenvalue weighted by Gasteiger charge is 2.39. The lowest BCUT2D eigenvalue weighted by Gasteiger charge is -2.31. The Bertz CT molecular complexity index is 1010. The summed E-state index contributed by atoms with van der Waals surface area (Å²) in [6.07, 6.45) is 2.89. The Kier molecular flexibility index (Phi) is 3.75. The Hall–Kier alpha value is -3.07. The van der Waals surface area contributed by atoms with E-state index in [1.165, 1.54) is 33.4 Å². The first-order valence-electron chi connectivity index (χ1n) is 9.47. The first kappa shape index (κ1) is 16.1. The van der Waals surface area contributed by atoms with Crippen molar-refractivity contribution in [3.8, 4) is 22.3 Å². The third kappa shape index (κ3) is 2.89. The van der Waals surface area contributed by atoms with Gasteiger partial charge in [0, 0.05) is 6.42 Å². The molecule has 2 N–H and O–H groups in total. The average Bonchev–Trinajstić information content (AvgIpc) is 3.08. The van der Waals surface area contributed by atoms with Crippen molar-refractivity contribution in [3.63, 3.8) is 0 Å². The van der Waals surface area contributed by atoms with E-state index in [2.05, 4.69) is 71.7 Å². The molecule has 0 bridgehead atoms. The zero-order valence-electron chi connectivity index (χ0n) is 15.2. The van der Waals surface area contributed by atoms with Gasteiger partial charge in [-0.25, -0.2) is 4.99 Å². The highest BCUT2D eigenvalue weighted by molar-refractivity contribution is 5.75.